The first-order chi connectivity index (χ1) is 10.1. The summed E-state index contributed by atoms with van der Waals surface area (Å²) in [6.45, 7) is 4.03. The molecule has 110 valence electrons. The van der Waals surface area contributed by atoms with Crippen LogP contribution in [0.4, 0.5) is 0 Å². The van der Waals surface area contributed by atoms with Crippen LogP contribution in [-0.4, -0.2) is 17.1 Å². The van der Waals surface area contributed by atoms with Crippen molar-refractivity contribution in [1.82, 2.24) is 5.32 Å². The number of benzene rings is 2. The van der Waals surface area contributed by atoms with Gasteiger partial charge in [-0.15, -0.1) is 0 Å². The van der Waals surface area contributed by atoms with Crippen molar-refractivity contribution >= 4 is 5.97 Å². The molecule has 0 aliphatic carbocycles. The van der Waals surface area contributed by atoms with Crippen LogP contribution in [0.25, 0.3) is 11.1 Å². The van der Waals surface area contributed by atoms with Crippen molar-refractivity contribution in [2.24, 2.45) is 0 Å². The molecule has 0 heterocycles. The van der Waals surface area contributed by atoms with Crippen molar-refractivity contribution < 1.29 is 9.90 Å². The maximum absolute atomic E-state index is 11.4. The number of carboxylic acids is 1. The Bertz CT molecular complexity index is 578. The number of hydrogen-bond acceptors (Lipinski definition) is 2. The maximum Gasteiger partial charge on any atom is 0.325 e. The first-order valence-electron chi connectivity index (χ1n) is 7.26. The molecule has 2 atom stereocenters. The van der Waals surface area contributed by atoms with E-state index in [4.69, 9.17) is 0 Å². The third kappa shape index (κ3) is 3.92. The Morgan fingerprint density at radius 3 is 2.14 bits per heavy atom. The Morgan fingerprint density at radius 2 is 1.62 bits per heavy atom. The SMILES string of the molecule is CCC(C)NC(C(=O)O)c1ccc(-c2ccccc2)cc1. The largest absolute Gasteiger partial charge is 0.480 e. The summed E-state index contributed by atoms with van der Waals surface area (Å²) in [6, 6.07) is 17.3. The first-order valence-corrected chi connectivity index (χ1v) is 7.26. The van der Waals surface area contributed by atoms with Gasteiger partial charge in [0.1, 0.15) is 6.04 Å². The fourth-order valence-electron chi connectivity index (χ4n) is 2.21. The van der Waals surface area contributed by atoms with Gasteiger partial charge in [0, 0.05) is 6.04 Å². The summed E-state index contributed by atoms with van der Waals surface area (Å²) in [5.74, 6) is -0.845. The zero-order valence-corrected chi connectivity index (χ0v) is 12.4. The zero-order chi connectivity index (χ0) is 15.2. The van der Waals surface area contributed by atoms with Gasteiger partial charge >= 0.3 is 5.97 Å². The Labute approximate surface area is 125 Å². The average molecular weight is 283 g/mol. The Hall–Kier alpha value is -2.13. The summed E-state index contributed by atoms with van der Waals surface area (Å²) in [4.78, 5) is 11.4. The normalized spacial score (nSPS) is 13.6. The van der Waals surface area contributed by atoms with Crippen LogP contribution in [0.1, 0.15) is 31.9 Å². The van der Waals surface area contributed by atoms with Gasteiger partial charge in [-0.05, 0) is 30.0 Å². The summed E-state index contributed by atoms with van der Waals surface area (Å²) >= 11 is 0. The maximum atomic E-state index is 11.4. The molecule has 2 rings (SSSR count). The van der Waals surface area contributed by atoms with Crippen molar-refractivity contribution in [3.05, 3.63) is 60.2 Å². The highest BCUT2D eigenvalue weighted by Gasteiger charge is 2.20. The van der Waals surface area contributed by atoms with Gasteiger partial charge in [0.05, 0.1) is 0 Å². The lowest BCUT2D eigenvalue weighted by atomic mass is 10.00. The minimum Gasteiger partial charge on any atom is -0.480 e. The number of rotatable bonds is 6. The monoisotopic (exact) mass is 283 g/mol. The summed E-state index contributed by atoms with van der Waals surface area (Å²) in [7, 11) is 0. The molecule has 2 aromatic rings. The van der Waals surface area contributed by atoms with Crippen molar-refractivity contribution in [3.8, 4) is 11.1 Å². The lowest BCUT2D eigenvalue weighted by Crippen LogP contribution is -2.34. The quantitative estimate of drug-likeness (QED) is 0.846. The van der Waals surface area contributed by atoms with Crippen LogP contribution < -0.4 is 5.32 Å². The highest BCUT2D eigenvalue weighted by atomic mass is 16.4. The average Bonchev–Trinajstić information content (AvgIpc) is 2.53. The molecule has 0 fully saturated rings. The van der Waals surface area contributed by atoms with Crippen LogP contribution in [0.2, 0.25) is 0 Å². The molecule has 3 nitrogen and oxygen atoms in total. The number of aliphatic carboxylic acids is 1. The van der Waals surface area contributed by atoms with E-state index in [1.54, 1.807) is 0 Å². The van der Waals surface area contributed by atoms with Gasteiger partial charge in [-0.1, -0.05) is 61.5 Å². The molecule has 21 heavy (non-hydrogen) atoms. The number of carbonyl (C=O) groups is 1. The topological polar surface area (TPSA) is 49.3 Å². The van der Waals surface area contributed by atoms with E-state index < -0.39 is 12.0 Å². The van der Waals surface area contributed by atoms with Crippen LogP contribution >= 0.6 is 0 Å². The minimum atomic E-state index is -0.845. The van der Waals surface area contributed by atoms with Gasteiger partial charge in [0.25, 0.3) is 0 Å². The van der Waals surface area contributed by atoms with Crippen LogP contribution in [0.5, 0.6) is 0 Å². The molecule has 0 aliphatic heterocycles. The van der Waals surface area contributed by atoms with E-state index in [1.807, 2.05) is 68.4 Å². The molecule has 0 aliphatic rings. The fourth-order valence-corrected chi connectivity index (χ4v) is 2.21. The molecule has 3 heteroatoms. The van der Waals surface area contributed by atoms with E-state index >= 15 is 0 Å². The van der Waals surface area contributed by atoms with E-state index in [2.05, 4.69) is 5.32 Å². The molecular formula is C18H21NO2. The molecule has 0 bridgehead atoms. The fraction of sp³-hybridized carbons (Fsp3) is 0.278. The molecule has 2 unspecified atom stereocenters. The Morgan fingerprint density at radius 1 is 1.05 bits per heavy atom. The van der Waals surface area contributed by atoms with Gasteiger partial charge in [-0.25, -0.2) is 0 Å². The Balaban J connectivity index is 2.22. The van der Waals surface area contributed by atoms with Gasteiger partial charge < -0.3 is 5.11 Å². The van der Waals surface area contributed by atoms with Crippen molar-refractivity contribution in [1.29, 1.82) is 0 Å². The van der Waals surface area contributed by atoms with Crippen molar-refractivity contribution in [2.75, 3.05) is 0 Å². The molecule has 0 radical (unpaired) electrons. The second-order valence-electron chi connectivity index (χ2n) is 5.24. The van der Waals surface area contributed by atoms with E-state index in [-0.39, 0.29) is 6.04 Å². The second-order valence-corrected chi connectivity index (χ2v) is 5.24. The summed E-state index contributed by atoms with van der Waals surface area (Å²) in [5.41, 5.74) is 3.00. The number of carboxylic acid groups (broad SMARTS) is 1. The smallest absolute Gasteiger partial charge is 0.325 e. The van der Waals surface area contributed by atoms with E-state index in [0.717, 1.165) is 23.1 Å². The standard InChI is InChI=1S/C18H21NO2/c1-3-13(2)19-17(18(20)21)16-11-9-15(10-12-16)14-7-5-4-6-8-14/h4-13,17,19H,3H2,1-2H3,(H,20,21). The van der Waals surface area contributed by atoms with Crippen LogP contribution in [-0.2, 0) is 4.79 Å². The van der Waals surface area contributed by atoms with Crippen LogP contribution in [0.15, 0.2) is 54.6 Å². The molecule has 0 saturated carbocycles. The van der Waals surface area contributed by atoms with Gasteiger partial charge in [0.2, 0.25) is 0 Å². The zero-order valence-electron chi connectivity index (χ0n) is 12.4. The highest BCUT2D eigenvalue weighted by molar-refractivity contribution is 5.76. The number of hydrogen-bond donors (Lipinski definition) is 2. The van der Waals surface area contributed by atoms with Crippen LogP contribution in [0.3, 0.4) is 0 Å². The van der Waals surface area contributed by atoms with E-state index in [9.17, 15) is 9.90 Å². The summed E-state index contributed by atoms with van der Waals surface area (Å²) in [6.07, 6.45) is 0.895. The molecule has 0 saturated heterocycles. The minimum absolute atomic E-state index is 0.167. The van der Waals surface area contributed by atoms with Crippen molar-refractivity contribution in [2.45, 2.75) is 32.4 Å². The lowest BCUT2D eigenvalue weighted by Gasteiger charge is -2.19. The van der Waals surface area contributed by atoms with Crippen molar-refractivity contribution in [3.63, 3.8) is 0 Å². The molecule has 0 amide bonds. The lowest BCUT2D eigenvalue weighted by molar-refractivity contribution is -0.139. The van der Waals surface area contributed by atoms with Gasteiger partial charge in [-0.2, -0.15) is 0 Å². The first kappa shape index (κ1) is 15.3. The van der Waals surface area contributed by atoms with Crippen LogP contribution in [0, 0.1) is 0 Å². The van der Waals surface area contributed by atoms with Gasteiger partial charge in [0.15, 0.2) is 0 Å². The molecule has 2 aromatic carbocycles. The van der Waals surface area contributed by atoms with E-state index in [1.165, 1.54) is 0 Å². The third-order valence-corrected chi connectivity index (χ3v) is 3.66. The predicted molar refractivity (Wildman–Crippen MR) is 85.1 cm³/mol. The Kier molecular flexibility index (Phi) is 5.12. The van der Waals surface area contributed by atoms with Gasteiger partial charge in [-0.3, -0.25) is 10.1 Å². The summed E-state index contributed by atoms with van der Waals surface area (Å²) < 4.78 is 0. The summed E-state index contributed by atoms with van der Waals surface area (Å²) in [5, 5.41) is 12.5. The van der Waals surface area contributed by atoms with E-state index in [0.29, 0.717) is 0 Å². The molecule has 0 aromatic heterocycles. The number of nitrogens with one attached hydrogen (secondary N) is 1. The predicted octanol–water partition coefficient (Wildman–Crippen LogP) is 3.87. The molecular weight excluding hydrogens is 262 g/mol. The second kappa shape index (κ2) is 7.04. The molecule has 0 spiro atoms. The highest BCUT2D eigenvalue weighted by Crippen LogP contribution is 2.22. The molecule has 2 N–H and O–H groups in total. The third-order valence-electron chi connectivity index (χ3n) is 3.66.